The summed E-state index contributed by atoms with van der Waals surface area (Å²) in [5, 5.41) is 11.6. The number of carbonyl (C=O) groups excluding carboxylic acids is 1. The number of ether oxygens (including phenoxy) is 1. The topological polar surface area (TPSA) is 65.4 Å². The molecule has 5 nitrogen and oxygen atoms in total. The molecule has 1 aromatic carbocycles. The van der Waals surface area contributed by atoms with Crippen LogP contribution in [0.25, 0.3) is 0 Å². The van der Waals surface area contributed by atoms with Crippen LogP contribution >= 0.6 is 0 Å². The van der Waals surface area contributed by atoms with Crippen molar-refractivity contribution in [3.63, 3.8) is 0 Å². The zero-order valence-electron chi connectivity index (χ0n) is 11.6. The van der Waals surface area contributed by atoms with Gasteiger partial charge in [0.2, 0.25) is 5.91 Å². The van der Waals surface area contributed by atoms with E-state index >= 15 is 0 Å². The summed E-state index contributed by atoms with van der Waals surface area (Å²) in [7, 11) is 1.71. The summed E-state index contributed by atoms with van der Waals surface area (Å²) < 4.78 is 5.14. The predicted molar refractivity (Wildman–Crippen MR) is 76.2 cm³/mol. The lowest BCUT2D eigenvalue weighted by Crippen LogP contribution is -2.31. The van der Waals surface area contributed by atoms with Gasteiger partial charge in [0.25, 0.3) is 0 Å². The second-order valence-electron chi connectivity index (χ2n) is 5.08. The van der Waals surface area contributed by atoms with Crippen molar-refractivity contribution in [1.82, 2.24) is 4.90 Å². The molecule has 1 heterocycles. The first-order chi connectivity index (χ1) is 9.71. The van der Waals surface area contributed by atoms with Gasteiger partial charge in [0, 0.05) is 19.3 Å². The first-order valence-corrected chi connectivity index (χ1v) is 6.72. The van der Waals surface area contributed by atoms with Crippen LogP contribution in [0, 0.1) is 17.2 Å². The van der Waals surface area contributed by atoms with Gasteiger partial charge in [0.05, 0.1) is 24.8 Å². The summed E-state index contributed by atoms with van der Waals surface area (Å²) >= 11 is 0. The quantitative estimate of drug-likeness (QED) is 0.882. The van der Waals surface area contributed by atoms with E-state index in [2.05, 4.69) is 16.3 Å². The average molecular weight is 273 g/mol. The van der Waals surface area contributed by atoms with E-state index in [0.717, 1.165) is 31.8 Å². The molecule has 20 heavy (non-hydrogen) atoms. The predicted octanol–water partition coefficient (Wildman–Crippen LogP) is 1.47. The van der Waals surface area contributed by atoms with Crippen molar-refractivity contribution < 1.29 is 9.53 Å². The second kappa shape index (κ2) is 7.04. The summed E-state index contributed by atoms with van der Waals surface area (Å²) in [4.78, 5) is 14.1. The molecule has 0 spiro atoms. The molecule has 1 unspecified atom stereocenters. The Kier molecular flexibility index (Phi) is 5.10. The van der Waals surface area contributed by atoms with E-state index in [9.17, 15) is 4.79 Å². The molecule has 1 aliphatic heterocycles. The standard InChI is InChI=1S/C15H19N3O2/c1-20-11-13-6-7-18(9-13)10-15(19)17-14-4-2-12(8-16)3-5-14/h2-5,13H,6-7,9-11H2,1H3,(H,17,19). The highest BCUT2D eigenvalue weighted by Crippen LogP contribution is 2.16. The Labute approximate surface area is 119 Å². The minimum absolute atomic E-state index is 0.0206. The van der Waals surface area contributed by atoms with Crippen molar-refractivity contribution in [2.45, 2.75) is 6.42 Å². The smallest absolute Gasteiger partial charge is 0.238 e. The van der Waals surface area contributed by atoms with Crippen LogP contribution in [-0.2, 0) is 9.53 Å². The van der Waals surface area contributed by atoms with E-state index < -0.39 is 0 Å². The van der Waals surface area contributed by atoms with Gasteiger partial charge in [-0.25, -0.2) is 0 Å². The van der Waals surface area contributed by atoms with Gasteiger partial charge >= 0.3 is 0 Å². The Morgan fingerprint density at radius 3 is 2.90 bits per heavy atom. The van der Waals surface area contributed by atoms with Crippen LogP contribution in [0.3, 0.4) is 0 Å². The van der Waals surface area contributed by atoms with Crippen molar-refractivity contribution in [2.24, 2.45) is 5.92 Å². The average Bonchev–Trinajstić information content (AvgIpc) is 2.87. The first-order valence-electron chi connectivity index (χ1n) is 6.72. The number of hydrogen-bond acceptors (Lipinski definition) is 4. The van der Waals surface area contributed by atoms with E-state index in [1.54, 1.807) is 31.4 Å². The number of rotatable bonds is 5. The van der Waals surface area contributed by atoms with E-state index in [1.807, 2.05) is 0 Å². The molecule has 106 valence electrons. The summed E-state index contributed by atoms with van der Waals surface area (Å²) in [6.07, 6.45) is 1.08. The van der Waals surface area contributed by atoms with Crippen molar-refractivity contribution in [3.8, 4) is 6.07 Å². The van der Waals surface area contributed by atoms with Crippen molar-refractivity contribution in [1.29, 1.82) is 5.26 Å². The second-order valence-corrected chi connectivity index (χ2v) is 5.08. The van der Waals surface area contributed by atoms with Gasteiger partial charge in [0.1, 0.15) is 0 Å². The SMILES string of the molecule is COCC1CCN(CC(=O)Nc2ccc(C#N)cc2)C1. The van der Waals surface area contributed by atoms with Gasteiger partial charge in [-0.3, -0.25) is 9.69 Å². The lowest BCUT2D eigenvalue weighted by atomic mass is 10.1. The van der Waals surface area contributed by atoms with Gasteiger partial charge in [-0.1, -0.05) is 0 Å². The third-order valence-corrected chi connectivity index (χ3v) is 3.44. The molecule has 1 N–H and O–H groups in total. The number of methoxy groups -OCH3 is 1. The molecule has 0 aliphatic carbocycles. The molecule has 1 atom stereocenters. The fraction of sp³-hybridized carbons (Fsp3) is 0.467. The van der Waals surface area contributed by atoms with Gasteiger partial charge in [0.15, 0.2) is 0 Å². The molecule has 2 rings (SSSR count). The Morgan fingerprint density at radius 1 is 1.50 bits per heavy atom. The van der Waals surface area contributed by atoms with Crippen LogP contribution in [0.1, 0.15) is 12.0 Å². The normalized spacial score (nSPS) is 18.7. The van der Waals surface area contributed by atoms with Crippen LogP contribution in [0.15, 0.2) is 24.3 Å². The highest BCUT2D eigenvalue weighted by Gasteiger charge is 2.23. The van der Waals surface area contributed by atoms with Crippen LogP contribution in [0.4, 0.5) is 5.69 Å². The zero-order chi connectivity index (χ0) is 14.4. The molecule has 1 aliphatic rings. The summed E-state index contributed by atoms with van der Waals surface area (Å²) in [6, 6.07) is 8.93. The maximum absolute atomic E-state index is 11.9. The first kappa shape index (κ1) is 14.5. The maximum atomic E-state index is 11.9. The Balaban J connectivity index is 1.79. The third kappa shape index (κ3) is 4.05. The number of hydrogen-bond donors (Lipinski definition) is 1. The molecular weight excluding hydrogens is 254 g/mol. The van der Waals surface area contributed by atoms with E-state index in [4.69, 9.17) is 10.00 Å². The van der Waals surface area contributed by atoms with Crippen LogP contribution in [-0.4, -0.2) is 44.2 Å². The zero-order valence-corrected chi connectivity index (χ0v) is 11.6. The molecule has 0 bridgehead atoms. The van der Waals surface area contributed by atoms with E-state index in [0.29, 0.717) is 18.0 Å². The van der Waals surface area contributed by atoms with Gasteiger partial charge in [-0.05, 0) is 43.1 Å². The Morgan fingerprint density at radius 2 is 2.25 bits per heavy atom. The fourth-order valence-corrected chi connectivity index (χ4v) is 2.46. The van der Waals surface area contributed by atoms with Crippen molar-refractivity contribution >= 4 is 11.6 Å². The third-order valence-electron chi connectivity index (χ3n) is 3.44. The highest BCUT2D eigenvalue weighted by atomic mass is 16.5. The molecule has 1 aromatic rings. The van der Waals surface area contributed by atoms with Crippen LogP contribution in [0.5, 0.6) is 0 Å². The van der Waals surface area contributed by atoms with Crippen LogP contribution in [0.2, 0.25) is 0 Å². The number of likely N-dealkylation sites (tertiary alicyclic amines) is 1. The number of amides is 1. The number of anilines is 1. The van der Waals surface area contributed by atoms with E-state index in [-0.39, 0.29) is 5.91 Å². The maximum Gasteiger partial charge on any atom is 0.238 e. The minimum Gasteiger partial charge on any atom is -0.384 e. The van der Waals surface area contributed by atoms with Gasteiger partial charge in [-0.15, -0.1) is 0 Å². The molecule has 0 saturated carbocycles. The molecule has 5 heteroatoms. The highest BCUT2D eigenvalue weighted by molar-refractivity contribution is 5.92. The Bertz CT molecular complexity index is 493. The summed E-state index contributed by atoms with van der Waals surface area (Å²) in [5.74, 6) is 0.510. The molecular formula is C15H19N3O2. The molecule has 1 amide bonds. The fourth-order valence-electron chi connectivity index (χ4n) is 2.46. The number of carbonyl (C=O) groups is 1. The monoisotopic (exact) mass is 273 g/mol. The summed E-state index contributed by atoms with van der Waals surface area (Å²) in [5.41, 5.74) is 1.31. The largest absolute Gasteiger partial charge is 0.384 e. The molecule has 0 aromatic heterocycles. The Hall–Kier alpha value is -1.90. The molecule has 1 fully saturated rings. The lowest BCUT2D eigenvalue weighted by molar-refractivity contribution is -0.117. The number of nitrogens with one attached hydrogen (secondary N) is 1. The summed E-state index contributed by atoms with van der Waals surface area (Å²) in [6.45, 7) is 3.01. The molecule has 1 saturated heterocycles. The van der Waals surface area contributed by atoms with Crippen molar-refractivity contribution in [2.75, 3.05) is 38.7 Å². The number of nitrogens with zero attached hydrogens (tertiary/aromatic N) is 2. The van der Waals surface area contributed by atoms with Gasteiger partial charge < -0.3 is 10.1 Å². The number of nitriles is 1. The molecule has 0 radical (unpaired) electrons. The van der Waals surface area contributed by atoms with Gasteiger partial charge in [-0.2, -0.15) is 5.26 Å². The van der Waals surface area contributed by atoms with E-state index in [1.165, 1.54) is 0 Å². The van der Waals surface area contributed by atoms with Crippen molar-refractivity contribution in [3.05, 3.63) is 29.8 Å². The minimum atomic E-state index is -0.0206. The van der Waals surface area contributed by atoms with Crippen LogP contribution < -0.4 is 5.32 Å². The lowest BCUT2D eigenvalue weighted by Gasteiger charge is -2.15. The number of benzene rings is 1.